The van der Waals surface area contributed by atoms with E-state index in [0.29, 0.717) is 36.9 Å². The van der Waals surface area contributed by atoms with Crippen molar-refractivity contribution in [3.63, 3.8) is 0 Å². The molecule has 1 saturated heterocycles. The number of nitrogens with zero attached hydrogens (tertiary/aromatic N) is 5. The summed E-state index contributed by atoms with van der Waals surface area (Å²) in [4.78, 5) is 27.8. The van der Waals surface area contributed by atoms with E-state index in [4.69, 9.17) is 9.47 Å². The van der Waals surface area contributed by atoms with E-state index in [2.05, 4.69) is 19.9 Å². The number of carbonyl (C=O) groups excluding carboxylic acids is 1. The molecule has 10 heteroatoms. The molecule has 204 valence electrons. The van der Waals surface area contributed by atoms with Gasteiger partial charge in [0, 0.05) is 66.9 Å². The Labute approximate surface area is 225 Å². The maximum absolute atomic E-state index is 12.9. The molecule has 5 rings (SSSR count). The molecule has 1 fully saturated rings. The number of fused-ring (bicyclic) bond motifs is 1. The molecule has 0 aliphatic carbocycles. The fraction of sp³-hybridized carbons (Fsp3) is 0.379. The van der Waals surface area contributed by atoms with E-state index >= 15 is 0 Å². The number of aromatic nitrogens is 4. The number of aryl methyl sites for hydroxylation is 1. The molecule has 0 bridgehead atoms. The third-order valence-electron chi connectivity index (χ3n) is 7.09. The van der Waals surface area contributed by atoms with Crippen molar-refractivity contribution in [1.82, 2.24) is 19.4 Å². The van der Waals surface area contributed by atoms with Crippen molar-refractivity contribution in [1.29, 1.82) is 0 Å². The fourth-order valence-electron chi connectivity index (χ4n) is 5.06. The maximum Gasteiger partial charge on any atom is 0.387 e. The lowest BCUT2D eigenvalue weighted by atomic mass is 9.94. The Morgan fingerprint density at radius 1 is 1.08 bits per heavy atom. The molecule has 0 amide bonds. The van der Waals surface area contributed by atoms with Gasteiger partial charge in [-0.2, -0.15) is 8.78 Å². The van der Waals surface area contributed by atoms with Crippen molar-refractivity contribution in [2.24, 2.45) is 5.92 Å². The van der Waals surface area contributed by atoms with Crippen LogP contribution >= 0.6 is 0 Å². The van der Waals surface area contributed by atoms with Gasteiger partial charge in [0.15, 0.2) is 0 Å². The summed E-state index contributed by atoms with van der Waals surface area (Å²) >= 11 is 0. The van der Waals surface area contributed by atoms with Gasteiger partial charge in [0.1, 0.15) is 11.4 Å². The minimum absolute atomic E-state index is 0.129. The van der Waals surface area contributed by atoms with E-state index < -0.39 is 6.61 Å². The fourth-order valence-corrected chi connectivity index (χ4v) is 5.06. The van der Waals surface area contributed by atoms with Crippen molar-refractivity contribution in [3.05, 3.63) is 71.9 Å². The highest BCUT2D eigenvalue weighted by atomic mass is 19.3. The van der Waals surface area contributed by atoms with Gasteiger partial charge in [0.05, 0.1) is 12.3 Å². The van der Waals surface area contributed by atoms with Crippen molar-refractivity contribution in [2.75, 3.05) is 24.6 Å². The predicted molar refractivity (Wildman–Crippen MR) is 143 cm³/mol. The first kappa shape index (κ1) is 26.5. The Kier molecular flexibility index (Phi) is 7.99. The second-order valence-corrected chi connectivity index (χ2v) is 9.66. The van der Waals surface area contributed by atoms with Crippen LogP contribution in [0.15, 0.2) is 55.0 Å². The molecule has 4 aromatic rings. The summed E-state index contributed by atoms with van der Waals surface area (Å²) in [6.07, 6.45) is 8.24. The third-order valence-corrected chi connectivity index (χ3v) is 7.09. The van der Waals surface area contributed by atoms with Gasteiger partial charge in [-0.15, -0.1) is 0 Å². The van der Waals surface area contributed by atoms with E-state index in [-0.39, 0.29) is 11.7 Å². The topological polar surface area (TPSA) is 81.8 Å². The first-order chi connectivity index (χ1) is 18.9. The van der Waals surface area contributed by atoms with E-state index in [1.54, 1.807) is 24.3 Å². The van der Waals surface area contributed by atoms with Crippen LogP contribution in [0.4, 0.5) is 14.7 Å². The third kappa shape index (κ3) is 6.16. The number of benzene rings is 1. The van der Waals surface area contributed by atoms with Gasteiger partial charge >= 0.3 is 12.6 Å². The Balaban J connectivity index is 1.32. The predicted octanol–water partition coefficient (Wildman–Crippen LogP) is 5.46. The Bertz CT molecular complexity index is 1430. The summed E-state index contributed by atoms with van der Waals surface area (Å²) < 4.78 is 37.6. The summed E-state index contributed by atoms with van der Waals surface area (Å²) in [5.74, 6) is 1.03. The first-order valence-electron chi connectivity index (χ1n) is 13.1. The van der Waals surface area contributed by atoms with Crippen LogP contribution in [0.2, 0.25) is 0 Å². The smallest absolute Gasteiger partial charge is 0.387 e. The molecular weight excluding hydrogens is 504 g/mol. The van der Waals surface area contributed by atoms with Crippen molar-refractivity contribution in [2.45, 2.75) is 46.1 Å². The molecule has 0 radical (unpaired) electrons. The number of rotatable bonds is 9. The van der Waals surface area contributed by atoms with Crippen LogP contribution in [-0.2, 0) is 16.0 Å². The Morgan fingerprint density at radius 3 is 2.54 bits per heavy atom. The number of para-hydroxylation sites is 1. The van der Waals surface area contributed by atoms with Crippen molar-refractivity contribution in [3.8, 4) is 16.9 Å². The normalized spacial score (nSPS) is 14.2. The van der Waals surface area contributed by atoms with Gasteiger partial charge in [-0.3, -0.25) is 4.79 Å². The number of pyridine rings is 1. The summed E-state index contributed by atoms with van der Waals surface area (Å²) in [5, 5.41) is 0. The van der Waals surface area contributed by atoms with Crippen LogP contribution in [0.5, 0.6) is 5.75 Å². The Hall–Kier alpha value is -4.08. The molecule has 1 aliphatic heterocycles. The van der Waals surface area contributed by atoms with Gasteiger partial charge in [-0.1, -0.05) is 18.2 Å². The molecular formula is C29H31F2N5O3. The zero-order valence-electron chi connectivity index (χ0n) is 22.0. The minimum Gasteiger partial charge on any atom is -0.466 e. The molecule has 1 aromatic carbocycles. The summed E-state index contributed by atoms with van der Waals surface area (Å²) in [7, 11) is 0. The number of carbonyl (C=O) groups is 1. The van der Waals surface area contributed by atoms with Gasteiger partial charge in [0.2, 0.25) is 5.95 Å². The number of hydrogen-bond donors (Lipinski definition) is 0. The molecule has 0 atom stereocenters. The Morgan fingerprint density at radius 2 is 1.82 bits per heavy atom. The average Bonchev–Trinajstić information content (AvgIpc) is 3.24. The average molecular weight is 536 g/mol. The lowest BCUT2D eigenvalue weighted by molar-refractivity contribution is -0.144. The standard InChI is InChI=1S/C29H31F2N5O3/c1-3-38-27(37)14-20-10-12-35(13-11-20)29-32-16-23(17-33-29)22-8-9-26-34-19(2)24(36(26)18-22)15-21-6-4-5-7-25(21)39-28(30)31/h4-9,16-18,20,28H,3,10-15H2,1-2H3. The SMILES string of the molecule is CCOC(=O)CC1CCN(c2ncc(-c3ccc4nc(C)c(Cc5ccccc5OC(F)F)n4c3)cn2)CC1. The van der Waals surface area contributed by atoms with Gasteiger partial charge in [-0.05, 0) is 50.8 Å². The number of imidazole rings is 1. The highest BCUT2D eigenvalue weighted by Gasteiger charge is 2.23. The first-order valence-corrected chi connectivity index (χ1v) is 13.1. The quantitative estimate of drug-likeness (QED) is 0.263. The van der Waals surface area contributed by atoms with Crippen molar-refractivity contribution >= 4 is 17.6 Å². The summed E-state index contributed by atoms with van der Waals surface area (Å²) in [5.41, 5.74) is 4.90. The molecule has 8 nitrogen and oxygen atoms in total. The zero-order valence-corrected chi connectivity index (χ0v) is 22.0. The molecule has 39 heavy (non-hydrogen) atoms. The largest absolute Gasteiger partial charge is 0.466 e. The molecule has 3 aromatic heterocycles. The van der Waals surface area contributed by atoms with Gasteiger partial charge in [-0.25, -0.2) is 15.0 Å². The highest BCUT2D eigenvalue weighted by Crippen LogP contribution is 2.28. The second-order valence-electron chi connectivity index (χ2n) is 9.66. The number of esters is 1. The number of alkyl halides is 2. The van der Waals surface area contributed by atoms with Crippen LogP contribution in [0.3, 0.4) is 0 Å². The monoisotopic (exact) mass is 535 g/mol. The van der Waals surface area contributed by atoms with Crippen LogP contribution in [0.25, 0.3) is 16.8 Å². The number of hydrogen-bond acceptors (Lipinski definition) is 7. The van der Waals surface area contributed by atoms with E-state index in [9.17, 15) is 13.6 Å². The van der Waals surface area contributed by atoms with Crippen LogP contribution < -0.4 is 9.64 Å². The molecule has 4 heterocycles. The summed E-state index contributed by atoms with van der Waals surface area (Å²) in [6, 6.07) is 10.7. The number of anilines is 1. The lowest BCUT2D eigenvalue weighted by Gasteiger charge is -2.31. The van der Waals surface area contributed by atoms with Crippen LogP contribution in [0.1, 0.15) is 43.1 Å². The summed E-state index contributed by atoms with van der Waals surface area (Å²) in [6.45, 7) is 2.85. The molecule has 0 saturated carbocycles. The van der Waals surface area contributed by atoms with Crippen molar-refractivity contribution < 1.29 is 23.0 Å². The van der Waals surface area contributed by atoms with Gasteiger partial charge in [0.25, 0.3) is 0 Å². The molecule has 1 aliphatic rings. The zero-order chi connectivity index (χ0) is 27.4. The van der Waals surface area contributed by atoms with Crippen LogP contribution in [-0.4, -0.2) is 51.6 Å². The minimum atomic E-state index is -2.89. The molecule has 0 spiro atoms. The van der Waals surface area contributed by atoms with Crippen LogP contribution in [0, 0.1) is 12.8 Å². The second kappa shape index (κ2) is 11.8. The van der Waals surface area contributed by atoms with E-state index in [1.807, 2.05) is 49.0 Å². The molecule has 0 N–H and O–H groups in total. The lowest BCUT2D eigenvalue weighted by Crippen LogP contribution is -2.35. The van der Waals surface area contributed by atoms with E-state index in [1.165, 1.54) is 0 Å². The number of halogens is 2. The molecule has 0 unspecified atom stereocenters. The highest BCUT2D eigenvalue weighted by molar-refractivity contribution is 5.69. The maximum atomic E-state index is 12.9. The number of ether oxygens (including phenoxy) is 2. The number of piperidine rings is 1. The van der Waals surface area contributed by atoms with Gasteiger partial charge < -0.3 is 18.8 Å². The van der Waals surface area contributed by atoms with E-state index in [0.717, 1.165) is 54.1 Å².